The number of amides is 1. The Morgan fingerprint density at radius 1 is 1.00 bits per heavy atom. The molecular weight excluding hydrogens is 421 g/mol. The number of nitrogens with zero attached hydrogens (tertiary/aromatic N) is 2. The lowest BCUT2D eigenvalue weighted by molar-refractivity contribution is 0.0696. The van der Waals surface area contributed by atoms with Crippen LogP contribution in [0.25, 0.3) is 0 Å². The molecule has 6 nitrogen and oxygen atoms in total. The van der Waals surface area contributed by atoms with E-state index in [-0.39, 0.29) is 11.6 Å². The lowest BCUT2D eigenvalue weighted by Gasteiger charge is -2.43. The van der Waals surface area contributed by atoms with Crippen molar-refractivity contribution < 1.29 is 19.1 Å². The standard InChI is InChI=1S/C26H26FN3O3/c1-17-4-3-5-22(14-17)30-13-12-29(16-18(30)2)24-11-8-20(26(32)33)15-23(24)28-25(31)19-6-9-21(27)10-7-19/h3-11,14-15,18H,12-13,16H2,1-2H3,(H,28,31)(H,32,33)/t18-/m1/s1. The third-order valence-electron chi connectivity index (χ3n) is 5.90. The van der Waals surface area contributed by atoms with Gasteiger partial charge in [0.15, 0.2) is 0 Å². The zero-order chi connectivity index (χ0) is 23.5. The zero-order valence-electron chi connectivity index (χ0n) is 18.6. The van der Waals surface area contributed by atoms with E-state index < -0.39 is 17.7 Å². The van der Waals surface area contributed by atoms with E-state index in [0.717, 1.165) is 12.2 Å². The third kappa shape index (κ3) is 4.98. The molecule has 0 radical (unpaired) electrons. The molecule has 170 valence electrons. The van der Waals surface area contributed by atoms with Gasteiger partial charge in [0, 0.05) is 36.9 Å². The predicted molar refractivity (Wildman–Crippen MR) is 128 cm³/mol. The summed E-state index contributed by atoms with van der Waals surface area (Å²) in [5, 5.41) is 12.3. The number of aromatic carboxylic acids is 1. The van der Waals surface area contributed by atoms with Gasteiger partial charge in [-0.3, -0.25) is 4.79 Å². The molecule has 33 heavy (non-hydrogen) atoms. The van der Waals surface area contributed by atoms with Crippen LogP contribution in [-0.4, -0.2) is 42.7 Å². The Morgan fingerprint density at radius 2 is 1.73 bits per heavy atom. The van der Waals surface area contributed by atoms with Crippen molar-refractivity contribution in [3.8, 4) is 0 Å². The summed E-state index contributed by atoms with van der Waals surface area (Å²) in [6, 6.07) is 18.6. The molecule has 0 saturated carbocycles. The Hall–Kier alpha value is -3.87. The molecule has 1 amide bonds. The SMILES string of the molecule is Cc1cccc(N2CCN(c3ccc(C(=O)O)cc3NC(=O)c3ccc(F)cc3)C[C@H]2C)c1. The van der Waals surface area contributed by atoms with E-state index in [1.54, 1.807) is 12.1 Å². The average Bonchev–Trinajstić information content (AvgIpc) is 2.79. The van der Waals surface area contributed by atoms with Crippen molar-refractivity contribution in [1.82, 2.24) is 0 Å². The lowest BCUT2D eigenvalue weighted by atomic mass is 10.1. The number of anilines is 3. The molecule has 1 fully saturated rings. The fraction of sp³-hybridized carbons (Fsp3) is 0.231. The minimum atomic E-state index is -1.07. The van der Waals surface area contributed by atoms with Gasteiger partial charge in [0.1, 0.15) is 5.82 Å². The molecule has 7 heteroatoms. The molecule has 3 aromatic rings. The first kappa shape index (κ1) is 22.3. The number of nitrogens with one attached hydrogen (secondary N) is 1. The van der Waals surface area contributed by atoms with Crippen LogP contribution in [0.2, 0.25) is 0 Å². The Labute approximate surface area is 192 Å². The van der Waals surface area contributed by atoms with Gasteiger partial charge in [0.2, 0.25) is 0 Å². The number of aryl methyl sites for hydroxylation is 1. The normalized spacial score (nSPS) is 15.9. The molecule has 0 aromatic heterocycles. The Bertz CT molecular complexity index is 1180. The first-order chi connectivity index (χ1) is 15.8. The molecule has 0 bridgehead atoms. The van der Waals surface area contributed by atoms with Crippen molar-refractivity contribution in [2.75, 3.05) is 34.8 Å². The minimum Gasteiger partial charge on any atom is -0.478 e. The highest BCUT2D eigenvalue weighted by Gasteiger charge is 2.26. The minimum absolute atomic E-state index is 0.0830. The number of carboxylic acids is 1. The quantitative estimate of drug-likeness (QED) is 0.588. The van der Waals surface area contributed by atoms with Gasteiger partial charge in [-0.2, -0.15) is 0 Å². The molecule has 0 spiro atoms. The van der Waals surface area contributed by atoms with Crippen LogP contribution < -0.4 is 15.1 Å². The van der Waals surface area contributed by atoms with Gasteiger partial charge in [-0.1, -0.05) is 12.1 Å². The number of carboxylic acid groups (broad SMARTS) is 1. The van der Waals surface area contributed by atoms with Gasteiger partial charge in [0.05, 0.1) is 16.9 Å². The summed E-state index contributed by atoms with van der Waals surface area (Å²) in [6.45, 7) is 6.43. The summed E-state index contributed by atoms with van der Waals surface area (Å²) in [7, 11) is 0. The highest BCUT2D eigenvalue weighted by Crippen LogP contribution is 2.31. The van der Waals surface area contributed by atoms with Crippen molar-refractivity contribution in [2.45, 2.75) is 19.9 Å². The molecule has 1 atom stereocenters. The average molecular weight is 448 g/mol. The maximum atomic E-state index is 13.2. The predicted octanol–water partition coefficient (Wildman–Crippen LogP) is 4.80. The Balaban J connectivity index is 1.59. The van der Waals surface area contributed by atoms with Crippen LogP contribution in [0.3, 0.4) is 0 Å². The summed E-state index contributed by atoms with van der Waals surface area (Å²) in [5.41, 5.74) is 3.93. The molecule has 0 aliphatic carbocycles. The van der Waals surface area contributed by atoms with Crippen LogP contribution in [0.5, 0.6) is 0 Å². The summed E-state index contributed by atoms with van der Waals surface area (Å²) in [4.78, 5) is 28.8. The second-order valence-corrected chi connectivity index (χ2v) is 8.33. The van der Waals surface area contributed by atoms with E-state index in [0.29, 0.717) is 24.3 Å². The highest BCUT2D eigenvalue weighted by molar-refractivity contribution is 6.06. The van der Waals surface area contributed by atoms with E-state index in [9.17, 15) is 19.1 Å². The second-order valence-electron chi connectivity index (χ2n) is 8.33. The van der Waals surface area contributed by atoms with Gasteiger partial charge in [0.25, 0.3) is 5.91 Å². The van der Waals surface area contributed by atoms with Gasteiger partial charge < -0.3 is 20.2 Å². The first-order valence-electron chi connectivity index (χ1n) is 10.8. The van der Waals surface area contributed by atoms with E-state index in [2.05, 4.69) is 53.2 Å². The van der Waals surface area contributed by atoms with Gasteiger partial charge in [-0.25, -0.2) is 9.18 Å². The fourth-order valence-corrected chi connectivity index (χ4v) is 4.21. The molecule has 1 saturated heterocycles. The number of carbonyl (C=O) groups excluding carboxylic acids is 1. The van der Waals surface area contributed by atoms with Crippen LogP contribution in [0, 0.1) is 12.7 Å². The van der Waals surface area contributed by atoms with E-state index in [1.165, 1.54) is 41.6 Å². The van der Waals surface area contributed by atoms with E-state index in [1.807, 2.05) is 0 Å². The Morgan fingerprint density at radius 3 is 2.39 bits per heavy atom. The number of hydrogen-bond donors (Lipinski definition) is 2. The highest BCUT2D eigenvalue weighted by atomic mass is 19.1. The summed E-state index contributed by atoms with van der Waals surface area (Å²) in [5.74, 6) is -1.93. The van der Waals surface area contributed by atoms with Crippen molar-refractivity contribution >= 4 is 28.9 Å². The fourth-order valence-electron chi connectivity index (χ4n) is 4.21. The summed E-state index contributed by atoms with van der Waals surface area (Å²) in [6.07, 6.45) is 0. The number of rotatable bonds is 5. The number of carbonyl (C=O) groups is 2. The molecule has 4 rings (SSSR count). The van der Waals surface area contributed by atoms with Crippen LogP contribution in [0.1, 0.15) is 33.2 Å². The maximum Gasteiger partial charge on any atom is 0.335 e. The molecule has 2 N–H and O–H groups in total. The second kappa shape index (κ2) is 9.32. The first-order valence-corrected chi connectivity index (χ1v) is 10.8. The van der Waals surface area contributed by atoms with E-state index >= 15 is 0 Å². The van der Waals surface area contributed by atoms with Crippen LogP contribution in [-0.2, 0) is 0 Å². The molecule has 0 unspecified atom stereocenters. The van der Waals surface area contributed by atoms with Crippen LogP contribution in [0.15, 0.2) is 66.7 Å². The van der Waals surface area contributed by atoms with E-state index in [4.69, 9.17) is 0 Å². The molecular formula is C26H26FN3O3. The van der Waals surface area contributed by atoms with Crippen molar-refractivity contribution in [1.29, 1.82) is 0 Å². The lowest BCUT2D eigenvalue weighted by Crippen LogP contribution is -2.52. The molecule has 3 aromatic carbocycles. The smallest absolute Gasteiger partial charge is 0.335 e. The van der Waals surface area contributed by atoms with Crippen LogP contribution >= 0.6 is 0 Å². The van der Waals surface area contributed by atoms with Crippen molar-refractivity contribution in [3.63, 3.8) is 0 Å². The number of benzene rings is 3. The monoisotopic (exact) mass is 447 g/mol. The Kier molecular flexibility index (Phi) is 6.31. The maximum absolute atomic E-state index is 13.2. The van der Waals surface area contributed by atoms with Crippen LogP contribution in [0.4, 0.5) is 21.5 Å². The molecule has 1 aliphatic heterocycles. The zero-order valence-corrected chi connectivity index (χ0v) is 18.6. The molecule has 1 heterocycles. The summed E-state index contributed by atoms with van der Waals surface area (Å²) < 4.78 is 13.2. The summed E-state index contributed by atoms with van der Waals surface area (Å²) >= 11 is 0. The molecule has 1 aliphatic rings. The topological polar surface area (TPSA) is 72.9 Å². The third-order valence-corrected chi connectivity index (χ3v) is 5.90. The van der Waals surface area contributed by atoms with Crippen molar-refractivity contribution in [3.05, 3.63) is 89.2 Å². The number of piperazine rings is 1. The van der Waals surface area contributed by atoms with Gasteiger partial charge in [-0.15, -0.1) is 0 Å². The largest absolute Gasteiger partial charge is 0.478 e. The number of halogens is 1. The van der Waals surface area contributed by atoms with Crippen molar-refractivity contribution in [2.24, 2.45) is 0 Å². The van der Waals surface area contributed by atoms with Gasteiger partial charge in [-0.05, 0) is 74.0 Å². The number of hydrogen-bond acceptors (Lipinski definition) is 4. The van der Waals surface area contributed by atoms with Gasteiger partial charge >= 0.3 is 5.97 Å².